The molecular weight excluding hydrogens is 304 g/mol. The molecule has 0 heterocycles. The molecule has 0 saturated carbocycles. The number of hydrogen-bond acceptors (Lipinski definition) is 9. The van der Waals surface area contributed by atoms with Gasteiger partial charge in [-0.1, -0.05) is 0 Å². The second kappa shape index (κ2) is 14.3. The predicted molar refractivity (Wildman–Crippen MR) is 85.8 cm³/mol. The van der Waals surface area contributed by atoms with Crippen LogP contribution in [-0.2, 0) is 23.8 Å². The van der Waals surface area contributed by atoms with Gasteiger partial charge in [-0.3, -0.25) is 9.59 Å². The molecule has 2 unspecified atom stereocenters. The zero-order valence-electron chi connectivity index (χ0n) is 14.0. The second-order valence-corrected chi connectivity index (χ2v) is 4.78. The zero-order chi connectivity index (χ0) is 17.5. The first-order valence-corrected chi connectivity index (χ1v) is 7.76. The van der Waals surface area contributed by atoms with Crippen LogP contribution in [0.4, 0.5) is 0 Å². The number of esters is 2. The van der Waals surface area contributed by atoms with Gasteiger partial charge in [0, 0.05) is 0 Å². The van der Waals surface area contributed by atoms with Crippen molar-refractivity contribution in [3.05, 3.63) is 0 Å². The summed E-state index contributed by atoms with van der Waals surface area (Å²) in [6, 6.07) is -0.802. The Balaban J connectivity index is 3.66. The topological polar surface area (TPSA) is 138 Å². The van der Waals surface area contributed by atoms with Gasteiger partial charge in [0.25, 0.3) is 0 Å². The van der Waals surface area contributed by atoms with Crippen LogP contribution in [0.3, 0.4) is 0 Å². The van der Waals surface area contributed by atoms with Crippen molar-refractivity contribution in [3.8, 4) is 0 Å². The van der Waals surface area contributed by atoms with Crippen LogP contribution in [-0.4, -0.2) is 77.6 Å². The molecule has 23 heavy (non-hydrogen) atoms. The van der Waals surface area contributed by atoms with Crippen molar-refractivity contribution in [3.63, 3.8) is 0 Å². The molecule has 0 saturated heterocycles. The maximum Gasteiger partial charge on any atom is 0.323 e. The number of likely N-dealkylation sites (N-methyl/N-ethyl adjacent to an activating group) is 2. The van der Waals surface area contributed by atoms with E-state index in [0.717, 1.165) is 0 Å². The van der Waals surface area contributed by atoms with Gasteiger partial charge in [0.15, 0.2) is 0 Å². The van der Waals surface area contributed by atoms with Crippen molar-refractivity contribution >= 4 is 11.9 Å². The lowest BCUT2D eigenvalue weighted by Gasteiger charge is -2.15. The summed E-state index contributed by atoms with van der Waals surface area (Å²) >= 11 is 0. The third kappa shape index (κ3) is 10.2. The molecule has 0 fully saturated rings. The molecule has 9 heteroatoms. The SMILES string of the molecule is CNC(CCN)C(=O)OCCOCCOC(=O)C(CCN)NC. The summed E-state index contributed by atoms with van der Waals surface area (Å²) < 4.78 is 15.3. The van der Waals surface area contributed by atoms with E-state index < -0.39 is 12.1 Å². The van der Waals surface area contributed by atoms with Crippen molar-refractivity contribution in [2.45, 2.75) is 24.9 Å². The Morgan fingerprint density at radius 2 is 1.22 bits per heavy atom. The van der Waals surface area contributed by atoms with E-state index in [-0.39, 0.29) is 38.4 Å². The molecule has 0 aromatic carbocycles. The van der Waals surface area contributed by atoms with Crippen molar-refractivity contribution in [2.24, 2.45) is 11.5 Å². The summed E-state index contributed by atoms with van der Waals surface area (Å²) in [5, 5.41) is 5.67. The van der Waals surface area contributed by atoms with Crippen LogP contribution in [0.15, 0.2) is 0 Å². The minimum atomic E-state index is -0.401. The largest absolute Gasteiger partial charge is 0.462 e. The number of carbonyl (C=O) groups is 2. The van der Waals surface area contributed by atoms with Crippen molar-refractivity contribution in [2.75, 3.05) is 53.6 Å². The normalized spacial score (nSPS) is 13.4. The number of carbonyl (C=O) groups excluding carboxylic acids is 2. The van der Waals surface area contributed by atoms with E-state index in [1.54, 1.807) is 14.1 Å². The highest BCUT2D eigenvalue weighted by Gasteiger charge is 2.17. The molecule has 0 radical (unpaired) electrons. The third-order valence-electron chi connectivity index (χ3n) is 3.12. The van der Waals surface area contributed by atoms with E-state index in [2.05, 4.69) is 10.6 Å². The van der Waals surface area contributed by atoms with Crippen molar-refractivity contribution in [1.29, 1.82) is 0 Å². The van der Waals surface area contributed by atoms with Gasteiger partial charge >= 0.3 is 11.9 Å². The van der Waals surface area contributed by atoms with Gasteiger partial charge in [-0.15, -0.1) is 0 Å². The Hall–Kier alpha value is -1.26. The van der Waals surface area contributed by atoms with Gasteiger partial charge in [-0.05, 0) is 40.0 Å². The number of ether oxygens (including phenoxy) is 3. The first-order chi connectivity index (χ1) is 11.1. The second-order valence-electron chi connectivity index (χ2n) is 4.78. The van der Waals surface area contributed by atoms with Gasteiger partial charge in [0.2, 0.25) is 0 Å². The molecular formula is C14H30N4O5. The smallest absolute Gasteiger partial charge is 0.323 e. The number of hydrogen-bond donors (Lipinski definition) is 4. The Kier molecular flexibility index (Phi) is 13.6. The van der Waals surface area contributed by atoms with Crippen molar-refractivity contribution < 1.29 is 23.8 Å². The van der Waals surface area contributed by atoms with E-state index in [1.807, 2.05) is 0 Å². The zero-order valence-corrected chi connectivity index (χ0v) is 14.0. The van der Waals surface area contributed by atoms with Gasteiger partial charge in [-0.2, -0.15) is 0 Å². The Morgan fingerprint density at radius 1 is 0.826 bits per heavy atom. The van der Waals surface area contributed by atoms with E-state index in [1.165, 1.54) is 0 Å². The first kappa shape index (κ1) is 21.7. The summed E-state index contributed by atoms with van der Waals surface area (Å²) in [6.45, 7) is 1.56. The van der Waals surface area contributed by atoms with Crippen LogP contribution in [0.25, 0.3) is 0 Å². The molecule has 0 aromatic rings. The van der Waals surface area contributed by atoms with Crippen LogP contribution in [0.5, 0.6) is 0 Å². The summed E-state index contributed by atoms with van der Waals surface area (Å²) in [5.74, 6) is -0.710. The molecule has 0 aliphatic carbocycles. The minimum Gasteiger partial charge on any atom is -0.462 e. The summed E-state index contributed by atoms with van der Waals surface area (Å²) in [4.78, 5) is 23.3. The van der Waals surface area contributed by atoms with Gasteiger partial charge in [-0.25, -0.2) is 0 Å². The molecule has 0 spiro atoms. The van der Waals surface area contributed by atoms with E-state index in [9.17, 15) is 9.59 Å². The van der Waals surface area contributed by atoms with Gasteiger partial charge in [0.1, 0.15) is 25.3 Å². The molecule has 2 atom stereocenters. The van der Waals surface area contributed by atoms with E-state index in [4.69, 9.17) is 25.7 Å². The molecule has 136 valence electrons. The van der Waals surface area contributed by atoms with Crippen LogP contribution >= 0.6 is 0 Å². The van der Waals surface area contributed by atoms with E-state index >= 15 is 0 Å². The highest BCUT2D eigenvalue weighted by Crippen LogP contribution is 1.95. The molecule has 0 aliphatic heterocycles. The molecule has 0 aromatic heterocycles. The van der Waals surface area contributed by atoms with Crippen molar-refractivity contribution in [1.82, 2.24) is 10.6 Å². The lowest BCUT2D eigenvalue weighted by atomic mass is 10.2. The Bertz CT molecular complexity index is 300. The number of nitrogens with one attached hydrogen (secondary N) is 2. The Morgan fingerprint density at radius 3 is 1.52 bits per heavy atom. The lowest BCUT2D eigenvalue weighted by molar-refractivity contribution is -0.149. The molecule has 0 amide bonds. The average Bonchev–Trinajstić information content (AvgIpc) is 2.56. The Labute approximate surface area is 137 Å². The highest BCUT2D eigenvalue weighted by atomic mass is 16.6. The first-order valence-electron chi connectivity index (χ1n) is 7.76. The fourth-order valence-electron chi connectivity index (χ4n) is 1.80. The van der Waals surface area contributed by atoms with Crippen LogP contribution in [0.2, 0.25) is 0 Å². The fraction of sp³-hybridized carbons (Fsp3) is 0.857. The number of rotatable bonds is 14. The van der Waals surface area contributed by atoms with E-state index in [0.29, 0.717) is 25.9 Å². The quantitative estimate of drug-likeness (QED) is 0.209. The monoisotopic (exact) mass is 334 g/mol. The maximum absolute atomic E-state index is 11.6. The summed E-state index contributed by atoms with van der Waals surface area (Å²) in [7, 11) is 3.35. The standard InChI is InChI=1S/C14H30N4O5/c1-17-11(3-5-15)13(19)22-9-7-21-8-10-23-14(20)12(18-2)4-6-16/h11-12,17-18H,3-10,15-16H2,1-2H3. The molecule has 9 nitrogen and oxygen atoms in total. The fourth-order valence-corrected chi connectivity index (χ4v) is 1.80. The minimum absolute atomic E-state index is 0.141. The molecule has 6 N–H and O–H groups in total. The summed E-state index contributed by atoms with van der Waals surface area (Å²) in [5.41, 5.74) is 10.8. The highest BCUT2D eigenvalue weighted by molar-refractivity contribution is 5.76. The predicted octanol–water partition coefficient (Wildman–Crippen LogP) is -2.04. The average molecular weight is 334 g/mol. The van der Waals surface area contributed by atoms with Gasteiger partial charge < -0.3 is 36.3 Å². The molecule has 0 aliphatic rings. The van der Waals surface area contributed by atoms with Crippen LogP contribution in [0, 0.1) is 0 Å². The maximum atomic E-state index is 11.6. The third-order valence-corrected chi connectivity index (χ3v) is 3.12. The molecule has 0 rings (SSSR count). The van der Waals surface area contributed by atoms with Crippen LogP contribution < -0.4 is 22.1 Å². The van der Waals surface area contributed by atoms with Gasteiger partial charge in [0.05, 0.1) is 13.2 Å². The summed E-state index contributed by atoms with van der Waals surface area (Å²) in [6.07, 6.45) is 1.03. The van der Waals surface area contributed by atoms with Crippen LogP contribution in [0.1, 0.15) is 12.8 Å². The lowest BCUT2D eigenvalue weighted by Crippen LogP contribution is -2.38. The number of nitrogens with two attached hydrogens (primary N) is 2. The molecule has 0 bridgehead atoms.